The van der Waals surface area contributed by atoms with Crippen LogP contribution in [0.25, 0.3) is 0 Å². The molecule has 1 fully saturated rings. The van der Waals surface area contributed by atoms with E-state index in [0.29, 0.717) is 21.9 Å². The van der Waals surface area contributed by atoms with Gasteiger partial charge in [0.2, 0.25) is 0 Å². The summed E-state index contributed by atoms with van der Waals surface area (Å²) >= 11 is 3.59. The maximum Gasteiger partial charge on any atom is 0.262 e. The van der Waals surface area contributed by atoms with E-state index in [-0.39, 0.29) is 11.8 Å². The van der Waals surface area contributed by atoms with Crippen molar-refractivity contribution in [3.63, 3.8) is 0 Å². The number of amides is 2. The lowest BCUT2D eigenvalue weighted by Crippen LogP contribution is -2.60. The fourth-order valence-corrected chi connectivity index (χ4v) is 4.50. The van der Waals surface area contributed by atoms with Crippen LogP contribution in [0, 0.1) is 5.92 Å². The van der Waals surface area contributed by atoms with Crippen LogP contribution >= 0.6 is 15.9 Å². The van der Waals surface area contributed by atoms with Crippen LogP contribution in [-0.4, -0.2) is 27.1 Å². The number of halogens is 1. The van der Waals surface area contributed by atoms with E-state index in [9.17, 15) is 9.59 Å². The fourth-order valence-electron chi connectivity index (χ4n) is 4.16. The lowest BCUT2D eigenvalue weighted by molar-refractivity contribution is 0.0182. The number of benzene rings is 1. The van der Waals surface area contributed by atoms with Crippen molar-refractivity contribution < 1.29 is 9.59 Å². The van der Waals surface area contributed by atoms with E-state index < -0.39 is 5.54 Å². The highest BCUT2D eigenvalue weighted by Gasteiger charge is 2.56. The molecular weight excluding hydrogens is 354 g/mol. The fraction of sp³-hybridized carbons (Fsp3) is 0.368. The van der Waals surface area contributed by atoms with Gasteiger partial charge in [-0.1, -0.05) is 53.2 Å². The Labute approximate surface area is 144 Å². The molecule has 1 unspecified atom stereocenters. The number of alkyl halides is 1. The van der Waals surface area contributed by atoms with Gasteiger partial charge in [-0.25, -0.2) is 0 Å². The molecule has 0 aromatic heterocycles. The minimum Gasteiger partial charge on any atom is -0.269 e. The molecular formula is C19H18BrNO2. The molecule has 1 saturated carbocycles. The Morgan fingerprint density at radius 1 is 1.13 bits per heavy atom. The van der Waals surface area contributed by atoms with Crippen molar-refractivity contribution in [3.8, 4) is 0 Å². The number of carbonyl (C=O) groups is 2. The summed E-state index contributed by atoms with van der Waals surface area (Å²) in [7, 11) is 0. The topological polar surface area (TPSA) is 37.4 Å². The highest BCUT2D eigenvalue weighted by atomic mass is 79.9. The van der Waals surface area contributed by atoms with Gasteiger partial charge in [-0.2, -0.15) is 0 Å². The van der Waals surface area contributed by atoms with Gasteiger partial charge in [0.15, 0.2) is 0 Å². The van der Waals surface area contributed by atoms with Crippen LogP contribution in [0.3, 0.4) is 0 Å². The van der Waals surface area contributed by atoms with Crippen LogP contribution < -0.4 is 0 Å². The summed E-state index contributed by atoms with van der Waals surface area (Å²) in [6, 6.07) is 7.15. The maximum atomic E-state index is 12.9. The van der Waals surface area contributed by atoms with E-state index in [1.807, 2.05) is 12.1 Å². The van der Waals surface area contributed by atoms with E-state index >= 15 is 0 Å². The Morgan fingerprint density at radius 2 is 1.74 bits per heavy atom. The van der Waals surface area contributed by atoms with Crippen LogP contribution in [0.2, 0.25) is 0 Å². The average Bonchev–Trinajstić information content (AvgIpc) is 2.77. The summed E-state index contributed by atoms with van der Waals surface area (Å²) in [5.74, 6) is 0.232. The summed E-state index contributed by atoms with van der Waals surface area (Å²) in [4.78, 5) is 27.7. The number of fused-ring (bicyclic) bond motifs is 1. The molecule has 118 valence electrons. The van der Waals surface area contributed by atoms with Gasteiger partial charge >= 0.3 is 0 Å². The third-order valence-corrected chi connectivity index (χ3v) is 5.86. The first-order valence-corrected chi connectivity index (χ1v) is 8.95. The Bertz CT molecular complexity index is 723. The lowest BCUT2D eigenvalue weighted by atomic mass is 9.63. The minimum atomic E-state index is -0.462. The zero-order chi connectivity index (χ0) is 16.2. The SMILES string of the molecule is CC1CC(C2=CCC(Br)C=C2)(N2C(=O)c3ccccc3C2=O)C1. The van der Waals surface area contributed by atoms with Crippen molar-refractivity contribution in [2.45, 2.75) is 36.6 Å². The Balaban J connectivity index is 1.77. The third kappa shape index (κ3) is 2.08. The molecule has 1 atom stereocenters. The third-order valence-electron chi connectivity index (χ3n) is 5.18. The zero-order valence-electron chi connectivity index (χ0n) is 13.0. The lowest BCUT2D eigenvalue weighted by Gasteiger charge is -2.52. The molecule has 23 heavy (non-hydrogen) atoms. The van der Waals surface area contributed by atoms with E-state index in [4.69, 9.17) is 0 Å². The standard InChI is InChI=1S/C19H18BrNO2/c1-12-10-19(11-12,13-6-8-14(20)9-7-13)21-17(22)15-4-2-3-5-16(15)18(21)23/h2-8,12,14H,9-11H2,1H3. The molecule has 0 radical (unpaired) electrons. The number of hydrogen-bond donors (Lipinski definition) is 0. The van der Waals surface area contributed by atoms with Crippen molar-refractivity contribution in [2.75, 3.05) is 0 Å². The van der Waals surface area contributed by atoms with Crippen LogP contribution in [0.15, 0.2) is 48.1 Å². The first-order valence-electron chi connectivity index (χ1n) is 8.04. The van der Waals surface area contributed by atoms with Crippen LogP contribution in [-0.2, 0) is 0 Å². The summed E-state index contributed by atoms with van der Waals surface area (Å²) in [6.45, 7) is 2.18. The molecule has 4 rings (SSSR count). The quantitative estimate of drug-likeness (QED) is 0.579. The van der Waals surface area contributed by atoms with Gasteiger partial charge in [0.1, 0.15) is 0 Å². The summed E-state index contributed by atoms with van der Waals surface area (Å²) in [5.41, 5.74) is 1.72. The maximum absolute atomic E-state index is 12.9. The molecule has 2 amide bonds. The zero-order valence-corrected chi connectivity index (χ0v) is 14.5. The number of hydrogen-bond acceptors (Lipinski definition) is 2. The highest BCUT2D eigenvalue weighted by molar-refractivity contribution is 9.09. The van der Waals surface area contributed by atoms with Crippen LogP contribution in [0.4, 0.5) is 0 Å². The average molecular weight is 372 g/mol. The molecule has 1 aromatic rings. The van der Waals surface area contributed by atoms with E-state index in [1.165, 1.54) is 4.90 Å². The van der Waals surface area contributed by atoms with Gasteiger partial charge in [-0.3, -0.25) is 14.5 Å². The van der Waals surface area contributed by atoms with E-state index in [2.05, 4.69) is 41.1 Å². The predicted octanol–water partition coefficient (Wildman–Crippen LogP) is 4.10. The number of rotatable bonds is 2. The number of carbonyl (C=O) groups excluding carboxylic acids is 2. The number of allylic oxidation sites excluding steroid dienone is 2. The van der Waals surface area contributed by atoms with Crippen molar-refractivity contribution in [2.24, 2.45) is 5.92 Å². The normalized spacial score (nSPS) is 32.6. The second-order valence-corrected chi connectivity index (χ2v) is 7.98. The monoisotopic (exact) mass is 371 g/mol. The van der Waals surface area contributed by atoms with Crippen LogP contribution in [0.5, 0.6) is 0 Å². The molecule has 0 bridgehead atoms. The second kappa shape index (κ2) is 5.17. The molecule has 3 aliphatic rings. The molecule has 1 aromatic carbocycles. The molecule has 1 heterocycles. The van der Waals surface area contributed by atoms with Gasteiger partial charge in [-0.15, -0.1) is 0 Å². The predicted molar refractivity (Wildman–Crippen MR) is 92.6 cm³/mol. The Kier molecular flexibility index (Phi) is 3.34. The molecule has 1 aliphatic heterocycles. The molecule has 3 nitrogen and oxygen atoms in total. The van der Waals surface area contributed by atoms with Crippen molar-refractivity contribution in [3.05, 3.63) is 59.2 Å². The van der Waals surface area contributed by atoms with Gasteiger partial charge in [-0.05, 0) is 42.9 Å². The first-order chi connectivity index (χ1) is 11.0. The first kappa shape index (κ1) is 14.9. The van der Waals surface area contributed by atoms with Gasteiger partial charge < -0.3 is 0 Å². The van der Waals surface area contributed by atoms with Crippen molar-refractivity contribution >= 4 is 27.7 Å². The van der Waals surface area contributed by atoms with Gasteiger partial charge in [0.05, 0.1) is 16.7 Å². The molecule has 4 heteroatoms. The minimum absolute atomic E-state index is 0.146. The molecule has 0 spiro atoms. The van der Waals surface area contributed by atoms with Crippen LogP contribution in [0.1, 0.15) is 46.9 Å². The second-order valence-electron chi connectivity index (χ2n) is 6.81. The number of nitrogens with zero attached hydrogens (tertiary/aromatic N) is 1. The Morgan fingerprint density at radius 3 is 2.22 bits per heavy atom. The summed E-state index contributed by atoms with van der Waals surface area (Å²) in [5, 5.41) is 0. The van der Waals surface area contributed by atoms with E-state index in [1.54, 1.807) is 12.1 Å². The van der Waals surface area contributed by atoms with E-state index in [0.717, 1.165) is 24.8 Å². The van der Waals surface area contributed by atoms with Gasteiger partial charge in [0.25, 0.3) is 11.8 Å². The Hall–Kier alpha value is -1.68. The van der Waals surface area contributed by atoms with Crippen molar-refractivity contribution in [1.82, 2.24) is 4.90 Å². The molecule has 0 saturated heterocycles. The smallest absolute Gasteiger partial charge is 0.262 e. The van der Waals surface area contributed by atoms with Gasteiger partial charge in [0, 0.05) is 4.83 Å². The largest absolute Gasteiger partial charge is 0.269 e. The molecule has 2 aliphatic carbocycles. The highest BCUT2D eigenvalue weighted by Crippen LogP contribution is 2.51. The molecule has 0 N–H and O–H groups in total. The summed E-state index contributed by atoms with van der Waals surface area (Å²) < 4.78 is 0. The summed E-state index contributed by atoms with van der Waals surface area (Å²) in [6.07, 6.45) is 8.96. The number of imide groups is 1. The van der Waals surface area contributed by atoms with Crippen molar-refractivity contribution in [1.29, 1.82) is 0 Å².